The molecule has 0 aliphatic rings. The first-order valence-electron chi connectivity index (χ1n) is 10.8. The molecular formula is C26H29N3O2. The number of amides is 1. The molecule has 0 aromatic heterocycles. The van der Waals surface area contributed by atoms with Crippen molar-refractivity contribution in [2.24, 2.45) is 5.18 Å². The third-order valence-corrected chi connectivity index (χ3v) is 5.37. The predicted molar refractivity (Wildman–Crippen MR) is 128 cm³/mol. The fraction of sp³-hybridized carbons (Fsp3) is 0.269. The number of benzene rings is 3. The molecule has 3 N–H and O–H groups in total. The van der Waals surface area contributed by atoms with Crippen molar-refractivity contribution in [2.75, 3.05) is 11.1 Å². The molecule has 3 rings (SSSR count). The molecular weight excluding hydrogens is 386 g/mol. The molecule has 0 fully saturated rings. The zero-order valence-electron chi connectivity index (χ0n) is 17.7. The van der Waals surface area contributed by atoms with Crippen LogP contribution in [0.2, 0.25) is 0 Å². The quantitative estimate of drug-likeness (QED) is 0.207. The number of carbonyl (C=O) groups excluding carboxylic acids is 1. The Balaban J connectivity index is 1.40. The number of nitrogens with one attached hydrogen (secondary N) is 1. The summed E-state index contributed by atoms with van der Waals surface area (Å²) < 4.78 is 0. The number of nitrogens with zero attached hydrogens (tertiary/aromatic N) is 1. The number of unbranched alkanes of at least 4 members (excludes halogenated alkanes) is 3. The number of nitrogen functional groups attached to an aromatic ring is 1. The van der Waals surface area contributed by atoms with Gasteiger partial charge in [-0.15, -0.1) is 0 Å². The Bertz CT molecular complexity index is 989. The molecule has 3 aromatic rings. The minimum atomic E-state index is -0.340. The Morgan fingerprint density at radius 3 is 2.32 bits per heavy atom. The Kier molecular flexibility index (Phi) is 8.35. The van der Waals surface area contributed by atoms with Crippen LogP contribution in [0.1, 0.15) is 50.1 Å². The first kappa shape index (κ1) is 22.2. The van der Waals surface area contributed by atoms with Crippen molar-refractivity contribution in [3.05, 3.63) is 89.3 Å². The van der Waals surface area contributed by atoms with Crippen LogP contribution in [0.4, 0.5) is 11.4 Å². The van der Waals surface area contributed by atoms with Crippen LogP contribution in [0.3, 0.4) is 0 Å². The fourth-order valence-corrected chi connectivity index (χ4v) is 3.64. The maximum Gasteiger partial charge on any atom is 0.224 e. The lowest BCUT2D eigenvalue weighted by Crippen LogP contribution is -2.12. The van der Waals surface area contributed by atoms with Gasteiger partial charge in [-0.2, -0.15) is 4.91 Å². The number of rotatable bonds is 11. The summed E-state index contributed by atoms with van der Waals surface area (Å²) in [5, 5.41) is 6.22. The van der Waals surface area contributed by atoms with Crippen LogP contribution >= 0.6 is 0 Å². The molecule has 5 heteroatoms. The molecule has 0 heterocycles. The summed E-state index contributed by atoms with van der Waals surface area (Å²) in [6.07, 6.45) is 4.79. The van der Waals surface area contributed by atoms with E-state index < -0.39 is 0 Å². The lowest BCUT2D eigenvalue weighted by molar-refractivity contribution is -0.116. The van der Waals surface area contributed by atoms with Crippen molar-refractivity contribution >= 4 is 17.3 Å². The van der Waals surface area contributed by atoms with Gasteiger partial charge in [-0.3, -0.25) is 4.79 Å². The van der Waals surface area contributed by atoms with E-state index in [2.05, 4.69) is 34.8 Å². The molecule has 0 aliphatic carbocycles. The topological polar surface area (TPSA) is 84.5 Å². The van der Waals surface area contributed by atoms with E-state index in [9.17, 15) is 9.70 Å². The van der Waals surface area contributed by atoms with Crippen LogP contribution in [0.5, 0.6) is 0 Å². The molecule has 0 spiro atoms. The number of para-hydroxylation sites is 2. The molecule has 160 valence electrons. The van der Waals surface area contributed by atoms with Crippen molar-refractivity contribution in [2.45, 2.75) is 44.6 Å². The fourth-order valence-electron chi connectivity index (χ4n) is 3.64. The highest BCUT2D eigenvalue weighted by molar-refractivity contribution is 5.93. The number of nitroso groups, excluding NO2 is 1. The van der Waals surface area contributed by atoms with Gasteiger partial charge in [0.25, 0.3) is 0 Å². The molecule has 1 amide bonds. The summed E-state index contributed by atoms with van der Waals surface area (Å²) in [7, 11) is 0. The summed E-state index contributed by atoms with van der Waals surface area (Å²) in [6, 6.07) is 25.1. The predicted octanol–water partition coefficient (Wildman–Crippen LogP) is 6.72. The van der Waals surface area contributed by atoms with E-state index in [1.54, 1.807) is 12.1 Å². The van der Waals surface area contributed by atoms with E-state index in [0.717, 1.165) is 42.4 Å². The molecule has 31 heavy (non-hydrogen) atoms. The Morgan fingerprint density at radius 1 is 0.839 bits per heavy atom. The van der Waals surface area contributed by atoms with Crippen LogP contribution in [0.25, 0.3) is 11.1 Å². The maximum absolute atomic E-state index is 12.1. The summed E-state index contributed by atoms with van der Waals surface area (Å²) >= 11 is 0. The molecule has 0 aliphatic heterocycles. The van der Waals surface area contributed by atoms with Gasteiger partial charge in [-0.05, 0) is 47.7 Å². The Labute approximate surface area is 183 Å². The maximum atomic E-state index is 12.1. The molecule has 3 aromatic carbocycles. The van der Waals surface area contributed by atoms with E-state index in [-0.39, 0.29) is 11.9 Å². The SMILES string of the molecule is Nc1ccccc1NC(=O)CCCCCCC(N=O)c1cccc(-c2ccccc2)c1. The largest absolute Gasteiger partial charge is 0.397 e. The van der Waals surface area contributed by atoms with Gasteiger partial charge in [0, 0.05) is 6.42 Å². The third-order valence-electron chi connectivity index (χ3n) is 5.37. The zero-order chi connectivity index (χ0) is 21.9. The second-order valence-electron chi connectivity index (χ2n) is 7.70. The van der Waals surface area contributed by atoms with Crippen molar-refractivity contribution < 1.29 is 4.79 Å². The highest BCUT2D eigenvalue weighted by Crippen LogP contribution is 2.28. The minimum absolute atomic E-state index is 0.0249. The van der Waals surface area contributed by atoms with Crippen LogP contribution < -0.4 is 11.1 Å². The molecule has 0 saturated heterocycles. The van der Waals surface area contributed by atoms with Crippen LogP contribution in [0, 0.1) is 4.91 Å². The average Bonchev–Trinajstić information content (AvgIpc) is 2.81. The summed E-state index contributed by atoms with van der Waals surface area (Å²) in [6.45, 7) is 0. The number of anilines is 2. The van der Waals surface area contributed by atoms with E-state index in [0.29, 0.717) is 24.2 Å². The summed E-state index contributed by atoms with van der Waals surface area (Å²) in [5.41, 5.74) is 10.3. The first-order chi connectivity index (χ1) is 15.2. The van der Waals surface area contributed by atoms with Gasteiger partial charge in [0.2, 0.25) is 5.91 Å². The lowest BCUT2D eigenvalue weighted by atomic mass is 9.96. The van der Waals surface area contributed by atoms with Gasteiger partial charge in [-0.1, -0.05) is 85.1 Å². The molecule has 0 saturated carbocycles. The highest BCUT2D eigenvalue weighted by atomic mass is 16.3. The Hall–Kier alpha value is -3.47. The summed E-state index contributed by atoms with van der Waals surface area (Å²) in [5.74, 6) is -0.0249. The molecule has 5 nitrogen and oxygen atoms in total. The van der Waals surface area contributed by atoms with Gasteiger partial charge in [0.1, 0.15) is 6.04 Å². The molecule has 1 unspecified atom stereocenters. The van der Waals surface area contributed by atoms with Gasteiger partial charge >= 0.3 is 0 Å². The van der Waals surface area contributed by atoms with Gasteiger partial charge in [0.15, 0.2) is 0 Å². The van der Waals surface area contributed by atoms with Crippen LogP contribution in [-0.4, -0.2) is 5.91 Å². The van der Waals surface area contributed by atoms with E-state index in [1.807, 2.05) is 42.5 Å². The Morgan fingerprint density at radius 2 is 1.55 bits per heavy atom. The van der Waals surface area contributed by atoms with Gasteiger partial charge in [0.05, 0.1) is 11.4 Å². The first-order valence-corrected chi connectivity index (χ1v) is 10.8. The van der Waals surface area contributed by atoms with Crippen molar-refractivity contribution in [3.8, 4) is 11.1 Å². The van der Waals surface area contributed by atoms with Crippen LogP contribution in [-0.2, 0) is 4.79 Å². The third kappa shape index (κ3) is 6.78. The second kappa shape index (κ2) is 11.6. The zero-order valence-corrected chi connectivity index (χ0v) is 17.7. The molecule has 0 bridgehead atoms. The summed E-state index contributed by atoms with van der Waals surface area (Å²) in [4.78, 5) is 23.5. The molecule has 1 atom stereocenters. The smallest absolute Gasteiger partial charge is 0.224 e. The average molecular weight is 416 g/mol. The van der Waals surface area contributed by atoms with E-state index in [1.165, 1.54) is 0 Å². The highest BCUT2D eigenvalue weighted by Gasteiger charge is 2.12. The lowest BCUT2D eigenvalue weighted by Gasteiger charge is -2.11. The van der Waals surface area contributed by atoms with Crippen molar-refractivity contribution in [3.63, 3.8) is 0 Å². The number of hydrogen-bond donors (Lipinski definition) is 2. The van der Waals surface area contributed by atoms with E-state index >= 15 is 0 Å². The van der Waals surface area contributed by atoms with E-state index in [4.69, 9.17) is 5.73 Å². The van der Waals surface area contributed by atoms with Gasteiger partial charge < -0.3 is 11.1 Å². The number of hydrogen-bond acceptors (Lipinski definition) is 4. The monoisotopic (exact) mass is 415 g/mol. The number of carbonyl (C=O) groups is 1. The number of nitrogens with two attached hydrogens (primary N) is 1. The van der Waals surface area contributed by atoms with Crippen LogP contribution in [0.15, 0.2) is 84.0 Å². The normalized spacial score (nSPS) is 11.6. The minimum Gasteiger partial charge on any atom is -0.397 e. The second-order valence-corrected chi connectivity index (χ2v) is 7.70. The van der Waals surface area contributed by atoms with Gasteiger partial charge in [-0.25, -0.2) is 0 Å². The molecule has 0 radical (unpaired) electrons. The standard InChI is InChI=1S/C26H29N3O2/c27-23-15-8-9-17-25(23)28-26(30)18-7-2-1-6-16-24(29-31)22-14-10-13-21(19-22)20-11-4-3-5-12-20/h3-5,8-15,17,19,24H,1-2,6-7,16,18,27H2,(H,28,30). The van der Waals surface area contributed by atoms with Crippen molar-refractivity contribution in [1.82, 2.24) is 0 Å². The van der Waals surface area contributed by atoms with Crippen molar-refractivity contribution in [1.29, 1.82) is 0 Å².